The van der Waals surface area contributed by atoms with Gasteiger partial charge in [-0.05, 0) is 46.2 Å². The average molecular weight is 435 g/mol. The molecule has 0 amide bonds. The molecule has 0 unspecified atom stereocenters. The molecule has 0 saturated heterocycles. The third-order valence-electron chi connectivity index (χ3n) is 4.60. The van der Waals surface area contributed by atoms with Crippen LogP contribution in [0.1, 0.15) is 52.7 Å². The molecular formula is C21H26N2O4S2. The first kappa shape index (κ1) is 23.0. The molecule has 156 valence electrons. The van der Waals surface area contributed by atoms with E-state index in [-0.39, 0.29) is 20.6 Å². The molecule has 0 spiro atoms. The number of hydrogen-bond donors (Lipinski definition) is 0. The van der Waals surface area contributed by atoms with Gasteiger partial charge in [0.1, 0.15) is 0 Å². The maximum atomic E-state index is 12.9. The van der Waals surface area contributed by atoms with Crippen LogP contribution in [0.5, 0.6) is 0 Å². The molecule has 0 bridgehead atoms. The van der Waals surface area contributed by atoms with E-state index in [0.29, 0.717) is 0 Å². The van der Waals surface area contributed by atoms with Crippen molar-refractivity contribution in [3.05, 3.63) is 65.2 Å². The second-order valence-corrected chi connectivity index (χ2v) is 12.9. The SMILES string of the molecule is CC(C)(C)c1ccc(S(=O)(=O)C(=[N+]=[N-])S(=O)(=O)c2ccc(C(C)(C)C)cc2)cc1. The van der Waals surface area contributed by atoms with Crippen molar-refractivity contribution in [2.75, 3.05) is 0 Å². The third-order valence-corrected chi connectivity index (χ3v) is 8.79. The van der Waals surface area contributed by atoms with Gasteiger partial charge in [-0.3, -0.25) is 0 Å². The highest BCUT2D eigenvalue weighted by Crippen LogP contribution is 2.27. The summed E-state index contributed by atoms with van der Waals surface area (Å²) in [7, 11) is -9.09. The molecule has 0 aromatic heterocycles. The van der Waals surface area contributed by atoms with E-state index in [2.05, 4.69) is 4.79 Å². The van der Waals surface area contributed by atoms with Crippen LogP contribution >= 0.6 is 0 Å². The molecule has 0 radical (unpaired) electrons. The van der Waals surface area contributed by atoms with E-state index in [1.807, 2.05) is 41.5 Å². The lowest BCUT2D eigenvalue weighted by atomic mass is 9.87. The first-order valence-electron chi connectivity index (χ1n) is 9.05. The second kappa shape index (κ2) is 7.52. The van der Waals surface area contributed by atoms with E-state index in [0.717, 1.165) is 11.1 Å². The van der Waals surface area contributed by atoms with Crippen LogP contribution < -0.4 is 0 Å². The topological polar surface area (TPSA) is 105 Å². The molecule has 0 aliphatic carbocycles. The van der Waals surface area contributed by atoms with Crippen LogP contribution in [0.3, 0.4) is 0 Å². The fourth-order valence-electron chi connectivity index (χ4n) is 2.72. The summed E-state index contributed by atoms with van der Waals surface area (Å²) >= 11 is 0. The Morgan fingerprint density at radius 1 is 0.655 bits per heavy atom. The number of rotatable bonds is 2. The molecule has 0 heterocycles. The van der Waals surface area contributed by atoms with E-state index >= 15 is 0 Å². The maximum Gasteiger partial charge on any atom is 0.504 e. The number of sulfone groups is 2. The van der Waals surface area contributed by atoms with Crippen LogP contribution in [-0.4, -0.2) is 26.0 Å². The summed E-state index contributed by atoms with van der Waals surface area (Å²) < 4.78 is 50.3. The third kappa shape index (κ3) is 4.66. The summed E-state index contributed by atoms with van der Waals surface area (Å²) in [5.41, 5.74) is 10.7. The smallest absolute Gasteiger partial charge is 0.359 e. The van der Waals surface area contributed by atoms with Gasteiger partial charge in [0.05, 0.1) is 9.79 Å². The van der Waals surface area contributed by atoms with Gasteiger partial charge in [-0.1, -0.05) is 65.8 Å². The molecule has 0 atom stereocenters. The minimum absolute atomic E-state index is 0.197. The van der Waals surface area contributed by atoms with Crippen molar-refractivity contribution in [1.82, 2.24) is 0 Å². The van der Waals surface area contributed by atoms with Crippen molar-refractivity contribution in [1.29, 1.82) is 0 Å². The van der Waals surface area contributed by atoms with Crippen LogP contribution in [0.15, 0.2) is 58.3 Å². The van der Waals surface area contributed by atoms with E-state index in [9.17, 15) is 22.4 Å². The number of nitrogens with zero attached hydrogens (tertiary/aromatic N) is 2. The molecule has 0 aliphatic heterocycles. The van der Waals surface area contributed by atoms with Crippen LogP contribution in [0, 0.1) is 0 Å². The zero-order chi connectivity index (χ0) is 22.3. The molecule has 0 aliphatic rings. The summed E-state index contributed by atoms with van der Waals surface area (Å²) in [5, 5.41) is 0. The summed E-state index contributed by atoms with van der Waals surface area (Å²) in [6, 6.07) is 11.7. The molecule has 0 saturated carbocycles. The lowest BCUT2D eigenvalue weighted by Gasteiger charge is -2.19. The van der Waals surface area contributed by atoms with Crippen molar-refractivity contribution < 1.29 is 21.6 Å². The Bertz CT molecular complexity index is 1070. The lowest BCUT2D eigenvalue weighted by Crippen LogP contribution is -2.26. The molecule has 0 N–H and O–H groups in total. The van der Waals surface area contributed by atoms with E-state index in [1.165, 1.54) is 24.3 Å². The maximum absolute atomic E-state index is 12.9. The van der Waals surface area contributed by atoms with Gasteiger partial charge in [0.2, 0.25) is 0 Å². The van der Waals surface area contributed by atoms with Crippen molar-refractivity contribution in [3.8, 4) is 0 Å². The fourth-order valence-corrected chi connectivity index (χ4v) is 6.06. The predicted octanol–water partition coefficient (Wildman–Crippen LogP) is 4.12. The first-order chi connectivity index (χ1) is 13.1. The normalized spacial score (nSPS) is 13.0. The number of benzene rings is 2. The summed E-state index contributed by atoms with van der Waals surface area (Å²) in [5.74, 6) is 0. The van der Waals surface area contributed by atoms with Crippen LogP contribution in [0.2, 0.25) is 0 Å². The Balaban J connectivity index is 2.52. The molecule has 29 heavy (non-hydrogen) atoms. The van der Waals surface area contributed by atoms with E-state index < -0.39 is 24.1 Å². The van der Waals surface area contributed by atoms with Gasteiger partial charge in [-0.25, -0.2) is 16.8 Å². The molecular weight excluding hydrogens is 408 g/mol. The fraction of sp³-hybridized carbons (Fsp3) is 0.381. The standard InChI is InChI=1S/C21H26N2O4S2/c1-20(2,3)15-7-11-17(12-8-15)28(24,25)19(23-22)29(26,27)18-13-9-16(10-14-18)21(4,5)6/h7-14H,1-6H3. The predicted molar refractivity (Wildman–Crippen MR) is 113 cm³/mol. The highest BCUT2D eigenvalue weighted by Gasteiger charge is 2.44. The van der Waals surface area contributed by atoms with Gasteiger partial charge in [-0.2, -0.15) is 0 Å². The lowest BCUT2D eigenvalue weighted by molar-refractivity contribution is 0.00380. The van der Waals surface area contributed by atoms with Gasteiger partial charge in [0.15, 0.2) is 0 Å². The van der Waals surface area contributed by atoms with Gasteiger partial charge < -0.3 is 5.53 Å². The van der Waals surface area contributed by atoms with Crippen molar-refractivity contribution in [2.24, 2.45) is 0 Å². The highest BCUT2D eigenvalue weighted by atomic mass is 32.3. The van der Waals surface area contributed by atoms with Crippen molar-refractivity contribution in [3.63, 3.8) is 0 Å². The molecule has 2 rings (SSSR count). The Kier molecular flexibility index (Phi) is 5.96. The monoisotopic (exact) mass is 434 g/mol. The van der Waals surface area contributed by atoms with Gasteiger partial charge in [-0.15, -0.1) is 4.79 Å². The highest BCUT2D eigenvalue weighted by molar-refractivity contribution is 8.31. The molecule has 0 fully saturated rings. The molecule has 2 aromatic carbocycles. The Morgan fingerprint density at radius 3 is 1.14 bits per heavy atom. The summed E-state index contributed by atoms with van der Waals surface area (Å²) in [6.07, 6.45) is 0. The summed E-state index contributed by atoms with van der Waals surface area (Å²) in [4.78, 5) is 2.15. The van der Waals surface area contributed by atoms with Crippen LogP contribution in [0.4, 0.5) is 0 Å². The van der Waals surface area contributed by atoms with Crippen LogP contribution in [0.25, 0.3) is 5.53 Å². The number of hydrogen-bond acceptors (Lipinski definition) is 4. The second-order valence-electron chi connectivity index (χ2n) is 8.92. The summed E-state index contributed by atoms with van der Waals surface area (Å²) in [6.45, 7) is 11.9. The van der Waals surface area contributed by atoms with Gasteiger partial charge in [0.25, 0.3) is 19.7 Å². The van der Waals surface area contributed by atoms with Gasteiger partial charge >= 0.3 is 4.38 Å². The Morgan fingerprint density at radius 2 is 0.931 bits per heavy atom. The Labute approximate surface area is 173 Å². The van der Waals surface area contributed by atoms with Gasteiger partial charge in [0, 0.05) is 0 Å². The first-order valence-corrected chi connectivity index (χ1v) is 12.0. The largest absolute Gasteiger partial charge is 0.504 e. The minimum Gasteiger partial charge on any atom is -0.359 e. The Hall–Kier alpha value is -2.28. The average Bonchev–Trinajstić information content (AvgIpc) is 2.60. The van der Waals surface area contributed by atoms with Crippen molar-refractivity contribution in [2.45, 2.75) is 62.2 Å². The zero-order valence-corrected chi connectivity index (χ0v) is 19.1. The molecule has 8 heteroatoms. The van der Waals surface area contributed by atoms with Crippen molar-refractivity contribution >= 4 is 24.1 Å². The van der Waals surface area contributed by atoms with E-state index in [1.54, 1.807) is 24.3 Å². The quantitative estimate of drug-likeness (QED) is 0.307. The zero-order valence-electron chi connectivity index (χ0n) is 17.5. The minimum atomic E-state index is -4.55. The van der Waals surface area contributed by atoms with E-state index in [4.69, 9.17) is 0 Å². The molecule has 2 aromatic rings. The van der Waals surface area contributed by atoms with Crippen LogP contribution in [-0.2, 0) is 30.5 Å². The molecule has 6 nitrogen and oxygen atoms in total.